The van der Waals surface area contributed by atoms with Gasteiger partial charge in [0, 0.05) is 43.5 Å². The van der Waals surface area contributed by atoms with Crippen molar-refractivity contribution >= 4 is 11.3 Å². The average Bonchev–Trinajstić information content (AvgIpc) is 3.19. The van der Waals surface area contributed by atoms with Crippen LogP contribution in [-0.4, -0.2) is 31.2 Å². The minimum atomic E-state index is -0.401. The number of aromatic nitrogens is 1. The molecular formula is C20H24N2O2. The van der Waals surface area contributed by atoms with Crippen LogP contribution in [0.15, 0.2) is 59.4 Å². The number of nitrogens with zero attached hydrogens (tertiary/aromatic N) is 1. The van der Waals surface area contributed by atoms with Gasteiger partial charge < -0.3 is 14.5 Å². The lowest BCUT2D eigenvalue weighted by Crippen LogP contribution is -2.25. The summed E-state index contributed by atoms with van der Waals surface area (Å²) in [7, 11) is 3.29. The fourth-order valence-corrected chi connectivity index (χ4v) is 3.28. The number of rotatable bonds is 5. The summed E-state index contributed by atoms with van der Waals surface area (Å²) in [4.78, 5) is 8.27. The van der Waals surface area contributed by atoms with Gasteiger partial charge in [-0.3, -0.25) is 4.99 Å². The number of ether oxygens (including phenoxy) is 2. The summed E-state index contributed by atoms with van der Waals surface area (Å²) in [5, 5.41) is 0. The fourth-order valence-electron chi connectivity index (χ4n) is 3.28. The first-order valence-corrected chi connectivity index (χ1v) is 8.14. The van der Waals surface area contributed by atoms with E-state index in [-0.39, 0.29) is 5.41 Å². The molecule has 0 atom stereocenters. The van der Waals surface area contributed by atoms with E-state index in [0.29, 0.717) is 0 Å². The second-order valence-corrected chi connectivity index (χ2v) is 6.64. The molecule has 2 heterocycles. The Balaban J connectivity index is 2.20. The lowest BCUT2D eigenvalue weighted by molar-refractivity contribution is -0.0532. The molecule has 0 aliphatic carbocycles. The third kappa shape index (κ3) is 3.07. The highest BCUT2D eigenvalue weighted by Gasteiger charge is 2.37. The number of aliphatic imine (C=N–C) groups is 1. The van der Waals surface area contributed by atoms with Crippen molar-refractivity contribution in [1.82, 2.24) is 4.98 Å². The van der Waals surface area contributed by atoms with E-state index in [1.165, 1.54) is 0 Å². The van der Waals surface area contributed by atoms with Crippen molar-refractivity contribution in [2.75, 3.05) is 14.2 Å². The number of hydrogen-bond donors (Lipinski definition) is 1. The molecule has 0 fully saturated rings. The van der Waals surface area contributed by atoms with Gasteiger partial charge in [-0.2, -0.15) is 0 Å². The van der Waals surface area contributed by atoms with E-state index in [2.05, 4.69) is 49.2 Å². The van der Waals surface area contributed by atoms with Crippen molar-refractivity contribution in [1.29, 1.82) is 0 Å². The van der Waals surface area contributed by atoms with Crippen molar-refractivity contribution in [2.24, 2.45) is 10.4 Å². The van der Waals surface area contributed by atoms with Gasteiger partial charge in [-0.15, -0.1) is 0 Å². The second-order valence-electron chi connectivity index (χ2n) is 6.64. The summed E-state index contributed by atoms with van der Waals surface area (Å²) in [6, 6.07) is 14.5. The zero-order chi connectivity index (χ0) is 17.2. The molecule has 1 aliphatic heterocycles. The molecule has 24 heavy (non-hydrogen) atoms. The van der Waals surface area contributed by atoms with E-state index < -0.39 is 6.29 Å². The SMILES string of the molecule is COC(OC)C1=NC(=C(c2ccccc2)c2ccc[nH]2)C(C)(C)C1. The van der Waals surface area contributed by atoms with Crippen LogP contribution in [0.4, 0.5) is 0 Å². The number of H-pyrrole nitrogens is 1. The smallest absolute Gasteiger partial charge is 0.196 e. The normalized spacial score (nSPS) is 18.8. The van der Waals surface area contributed by atoms with Gasteiger partial charge in [0.05, 0.1) is 11.4 Å². The Kier molecular flexibility index (Phi) is 4.69. The lowest BCUT2D eigenvalue weighted by Gasteiger charge is -2.22. The predicted molar refractivity (Wildman–Crippen MR) is 96.9 cm³/mol. The molecule has 3 rings (SSSR count). The van der Waals surface area contributed by atoms with E-state index in [1.807, 2.05) is 18.3 Å². The highest BCUT2D eigenvalue weighted by atomic mass is 16.7. The number of methoxy groups -OCH3 is 2. The van der Waals surface area contributed by atoms with E-state index in [4.69, 9.17) is 14.5 Å². The molecule has 0 spiro atoms. The van der Waals surface area contributed by atoms with Gasteiger partial charge in [0.1, 0.15) is 0 Å². The Morgan fingerprint density at radius 2 is 1.79 bits per heavy atom. The van der Waals surface area contributed by atoms with Gasteiger partial charge in [0.15, 0.2) is 6.29 Å². The molecule has 1 aromatic carbocycles. The van der Waals surface area contributed by atoms with Crippen molar-refractivity contribution in [3.8, 4) is 0 Å². The van der Waals surface area contributed by atoms with Gasteiger partial charge in [-0.1, -0.05) is 44.2 Å². The number of benzene rings is 1. The summed E-state index contributed by atoms with van der Waals surface area (Å²) in [6.07, 6.45) is 2.35. The summed E-state index contributed by atoms with van der Waals surface area (Å²) < 4.78 is 10.8. The molecule has 1 aliphatic rings. The van der Waals surface area contributed by atoms with Crippen molar-refractivity contribution in [2.45, 2.75) is 26.6 Å². The third-order valence-electron chi connectivity index (χ3n) is 4.39. The van der Waals surface area contributed by atoms with Crippen LogP contribution >= 0.6 is 0 Å². The average molecular weight is 324 g/mol. The predicted octanol–water partition coefficient (Wildman–Crippen LogP) is 4.26. The van der Waals surface area contributed by atoms with Crippen LogP contribution in [0.3, 0.4) is 0 Å². The van der Waals surface area contributed by atoms with Crippen LogP contribution in [-0.2, 0) is 9.47 Å². The van der Waals surface area contributed by atoms with Crippen molar-refractivity contribution in [3.05, 3.63) is 65.6 Å². The van der Waals surface area contributed by atoms with Crippen LogP contribution < -0.4 is 0 Å². The summed E-state index contributed by atoms with van der Waals surface area (Å²) in [6.45, 7) is 4.43. The van der Waals surface area contributed by atoms with Crippen LogP contribution in [0.5, 0.6) is 0 Å². The maximum Gasteiger partial charge on any atom is 0.196 e. The van der Waals surface area contributed by atoms with Crippen molar-refractivity contribution < 1.29 is 9.47 Å². The van der Waals surface area contributed by atoms with Gasteiger partial charge in [0.2, 0.25) is 0 Å². The molecule has 4 heteroatoms. The monoisotopic (exact) mass is 324 g/mol. The summed E-state index contributed by atoms with van der Waals surface area (Å²) in [5.41, 5.74) is 5.25. The molecular weight excluding hydrogens is 300 g/mol. The topological polar surface area (TPSA) is 46.6 Å². The maximum absolute atomic E-state index is 5.42. The molecule has 0 saturated heterocycles. The highest BCUT2D eigenvalue weighted by Crippen LogP contribution is 2.44. The van der Waals surface area contributed by atoms with Crippen LogP contribution in [0.1, 0.15) is 31.5 Å². The first-order valence-electron chi connectivity index (χ1n) is 8.14. The first kappa shape index (κ1) is 16.7. The Labute approximate surface area is 143 Å². The standard InChI is InChI=1S/C20H24N2O2/c1-20(2)13-16(19(23-3)24-4)22-18(20)17(15-11-8-12-21-15)14-9-6-5-7-10-14/h5-12,19,21H,13H2,1-4H3. The lowest BCUT2D eigenvalue weighted by atomic mass is 9.82. The van der Waals surface area contributed by atoms with Gasteiger partial charge in [-0.05, 0) is 17.7 Å². The van der Waals surface area contributed by atoms with Crippen LogP contribution in [0, 0.1) is 5.41 Å². The minimum absolute atomic E-state index is 0.0963. The molecule has 0 radical (unpaired) electrons. The molecule has 0 bridgehead atoms. The van der Waals surface area contributed by atoms with E-state index in [0.717, 1.165) is 34.7 Å². The Bertz CT molecular complexity index is 739. The van der Waals surface area contributed by atoms with E-state index in [1.54, 1.807) is 14.2 Å². The molecule has 1 aromatic heterocycles. The number of nitrogens with one attached hydrogen (secondary N) is 1. The third-order valence-corrected chi connectivity index (χ3v) is 4.39. The molecule has 4 nitrogen and oxygen atoms in total. The Morgan fingerprint density at radius 1 is 1.08 bits per heavy atom. The zero-order valence-electron chi connectivity index (χ0n) is 14.7. The number of hydrogen-bond acceptors (Lipinski definition) is 3. The minimum Gasteiger partial charge on any atom is -0.361 e. The van der Waals surface area contributed by atoms with E-state index >= 15 is 0 Å². The van der Waals surface area contributed by atoms with Gasteiger partial charge in [-0.25, -0.2) is 0 Å². The quantitative estimate of drug-likeness (QED) is 0.835. The molecule has 126 valence electrons. The van der Waals surface area contributed by atoms with E-state index in [9.17, 15) is 0 Å². The summed E-state index contributed by atoms with van der Waals surface area (Å²) >= 11 is 0. The molecule has 0 amide bonds. The number of allylic oxidation sites excluding steroid dienone is 1. The molecule has 2 aromatic rings. The van der Waals surface area contributed by atoms with Crippen LogP contribution in [0.25, 0.3) is 5.57 Å². The fraction of sp³-hybridized carbons (Fsp3) is 0.350. The summed E-state index contributed by atoms with van der Waals surface area (Å²) in [5.74, 6) is 0. The maximum atomic E-state index is 5.42. The van der Waals surface area contributed by atoms with Gasteiger partial charge >= 0.3 is 0 Å². The zero-order valence-corrected chi connectivity index (χ0v) is 14.7. The first-order chi connectivity index (χ1) is 11.6. The van der Waals surface area contributed by atoms with Crippen molar-refractivity contribution in [3.63, 3.8) is 0 Å². The molecule has 0 unspecified atom stereocenters. The Morgan fingerprint density at radius 3 is 2.38 bits per heavy atom. The van der Waals surface area contributed by atoms with Crippen LogP contribution in [0.2, 0.25) is 0 Å². The molecule has 0 saturated carbocycles. The Hall–Kier alpha value is -2.17. The highest BCUT2D eigenvalue weighted by molar-refractivity contribution is 5.95. The largest absolute Gasteiger partial charge is 0.361 e. The number of aromatic amines is 1. The molecule has 1 N–H and O–H groups in total. The second kappa shape index (κ2) is 6.75. The van der Waals surface area contributed by atoms with Gasteiger partial charge in [0.25, 0.3) is 0 Å².